The van der Waals surface area contributed by atoms with Gasteiger partial charge in [0.2, 0.25) is 10.0 Å². The summed E-state index contributed by atoms with van der Waals surface area (Å²) in [6, 6.07) is 4.58. The number of likely N-dealkylation sites (N-methyl/N-ethyl adjacent to an activating group) is 1. The van der Waals surface area contributed by atoms with Gasteiger partial charge in [-0.3, -0.25) is 0 Å². The Morgan fingerprint density at radius 2 is 2.06 bits per heavy atom. The first-order valence-electron chi connectivity index (χ1n) is 11.4. The van der Waals surface area contributed by atoms with E-state index in [1.165, 1.54) is 17.1 Å². The van der Waals surface area contributed by atoms with E-state index >= 15 is 0 Å². The van der Waals surface area contributed by atoms with Crippen LogP contribution in [0.4, 0.5) is 0 Å². The van der Waals surface area contributed by atoms with Gasteiger partial charge in [0.15, 0.2) is 0 Å². The van der Waals surface area contributed by atoms with Crippen LogP contribution in [-0.2, 0) is 10.0 Å². The number of fused-ring (bicyclic) bond motifs is 1. The summed E-state index contributed by atoms with van der Waals surface area (Å²) in [6.45, 7) is 7.69. The van der Waals surface area contributed by atoms with E-state index in [-0.39, 0.29) is 23.5 Å². The summed E-state index contributed by atoms with van der Waals surface area (Å²) in [6.07, 6.45) is 4.18. The number of ether oxygens (including phenoxy) is 1. The van der Waals surface area contributed by atoms with Gasteiger partial charge in [0.1, 0.15) is 16.7 Å². The maximum Gasteiger partial charge on any atom is 0.247 e. The van der Waals surface area contributed by atoms with Crippen molar-refractivity contribution in [1.29, 1.82) is 0 Å². The van der Waals surface area contributed by atoms with Crippen LogP contribution in [-0.4, -0.2) is 68.2 Å². The first-order valence-corrected chi connectivity index (χ1v) is 12.8. The molecule has 0 saturated heterocycles. The molecule has 1 aliphatic heterocycles. The Kier molecular flexibility index (Phi) is 8.03. The molecule has 6 nitrogen and oxygen atoms in total. The zero-order valence-corrected chi connectivity index (χ0v) is 20.0. The molecule has 1 aromatic carbocycles. The number of nitrogens with zero attached hydrogens (tertiary/aromatic N) is 2. The molecule has 172 valence electrons. The molecule has 7 heteroatoms. The maximum absolute atomic E-state index is 13.5. The zero-order chi connectivity index (χ0) is 22.6. The van der Waals surface area contributed by atoms with Crippen molar-refractivity contribution in [2.75, 3.05) is 33.3 Å². The third-order valence-electron chi connectivity index (χ3n) is 6.03. The molecule has 0 bridgehead atoms. The van der Waals surface area contributed by atoms with Crippen LogP contribution in [0, 0.1) is 23.7 Å². The standard InChI is InChI=1S/C24H36N2O4S/c1-5-6-7-8-20-11-12-24-22(13-20)30-23(16-25(4)15-21-9-10-21)18(2)14-26(19(3)17-27)31(24,28)29/h11-13,18-19,21,23,27H,5-6,9-10,14-17H2,1-4H3/t18-,19-,23-/m0/s1. The Morgan fingerprint density at radius 1 is 1.32 bits per heavy atom. The predicted octanol–water partition coefficient (Wildman–Crippen LogP) is 2.95. The van der Waals surface area contributed by atoms with Gasteiger partial charge in [-0.1, -0.05) is 25.7 Å². The van der Waals surface area contributed by atoms with Crippen LogP contribution in [0.15, 0.2) is 23.1 Å². The topological polar surface area (TPSA) is 70.1 Å². The molecule has 1 fully saturated rings. The van der Waals surface area contributed by atoms with Crippen molar-refractivity contribution in [2.24, 2.45) is 11.8 Å². The van der Waals surface area contributed by atoms with Crippen molar-refractivity contribution in [3.8, 4) is 17.6 Å². The Labute approximate surface area is 187 Å². The number of hydrogen-bond acceptors (Lipinski definition) is 5. The first-order chi connectivity index (χ1) is 14.8. The lowest BCUT2D eigenvalue weighted by molar-refractivity contribution is 0.0740. The van der Waals surface area contributed by atoms with Crippen molar-refractivity contribution < 1.29 is 18.3 Å². The van der Waals surface area contributed by atoms with Crippen LogP contribution < -0.4 is 4.74 Å². The highest BCUT2D eigenvalue weighted by atomic mass is 32.2. The molecule has 1 saturated carbocycles. The van der Waals surface area contributed by atoms with Crippen molar-refractivity contribution in [3.63, 3.8) is 0 Å². The van der Waals surface area contributed by atoms with Gasteiger partial charge < -0.3 is 14.7 Å². The molecule has 0 unspecified atom stereocenters. The monoisotopic (exact) mass is 448 g/mol. The summed E-state index contributed by atoms with van der Waals surface area (Å²) >= 11 is 0. The molecule has 0 radical (unpaired) electrons. The molecule has 1 heterocycles. The number of aliphatic hydroxyl groups is 1. The third kappa shape index (κ3) is 6.01. The highest BCUT2D eigenvalue weighted by Crippen LogP contribution is 2.35. The van der Waals surface area contributed by atoms with Crippen LogP contribution in [0.1, 0.15) is 52.0 Å². The quantitative estimate of drug-likeness (QED) is 0.650. The highest BCUT2D eigenvalue weighted by molar-refractivity contribution is 7.89. The maximum atomic E-state index is 13.5. The lowest BCUT2D eigenvalue weighted by atomic mass is 10.0. The van der Waals surface area contributed by atoms with E-state index in [4.69, 9.17) is 4.74 Å². The van der Waals surface area contributed by atoms with E-state index < -0.39 is 16.1 Å². The second kappa shape index (κ2) is 10.4. The summed E-state index contributed by atoms with van der Waals surface area (Å²) in [4.78, 5) is 2.44. The van der Waals surface area contributed by atoms with E-state index in [2.05, 4.69) is 30.7 Å². The SMILES string of the molecule is CCCC#Cc1ccc2c(c1)O[C@@H](CN(C)CC1CC1)[C@@H](C)CN([C@@H](C)CO)S2(=O)=O. The second-order valence-electron chi connectivity index (χ2n) is 9.12. The Bertz CT molecular complexity index is 917. The molecule has 1 aromatic rings. The van der Waals surface area contributed by atoms with Crippen LogP contribution in [0.25, 0.3) is 0 Å². The minimum absolute atomic E-state index is 0.0339. The Morgan fingerprint density at radius 3 is 2.71 bits per heavy atom. The van der Waals surface area contributed by atoms with Crippen molar-refractivity contribution in [3.05, 3.63) is 23.8 Å². The van der Waals surface area contributed by atoms with Gasteiger partial charge in [-0.15, -0.1) is 0 Å². The van der Waals surface area contributed by atoms with Crippen molar-refractivity contribution in [2.45, 2.75) is 63.5 Å². The Balaban J connectivity index is 1.98. The minimum Gasteiger partial charge on any atom is -0.487 e. The van der Waals surface area contributed by atoms with Crippen LogP contribution >= 0.6 is 0 Å². The number of rotatable bonds is 7. The molecular formula is C24H36N2O4S. The fraction of sp³-hybridized carbons (Fsp3) is 0.667. The van der Waals surface area contributed by atoms with E-state index in [9.17, 15) is 13.5 Å². The smallest absolute Gasteiger partial charge is 0.247 e. The van der Waals surface area contributed by atoms with Gasteiger partial charge in [-0.2, -0.15) is 4.31 Å². The van der Waals surface area contributed by atoms with Gasteiger partial charge >= 0.3 is 0 Å². The largest absolute Gasteiger partial charge is 0.487 e. The van der Waals surface area contributed by atoms with E-state index in [1.54, 1.807) is 25.1 Å². The summed E-state index contributed by atoms with van der Waals surface area (Å²) in [5, 5.41) is 9.73. The summed E-state index contributed by atoms with van der Waals surface area (Å²) in [5.41, 5.74) is 0.752. The second-order valence-corrected chi connectivity index (χ2v) is 11.0. The van der Waals surface area contributed by atoms with Crippen molar-refractivity contribution >= 4 is 10.0 Å². The van der Waals surface area contributed by atoms with Gasteiger partial charge in [0.05, 0.1) is 6.61 Å². The van der Waals surface area contributed by atoms with Crippen LogP contribution in [0.3, 0.4) is 0 Å². The normalized spacial score (nSPS) is 24.3. The van der Waals surface area contributed by atoms with Gasteiger partial charge in [0, 0.05) is 43.6 Å². The fourth-order valence-corrected chi connectivity index (χ4v) is 5.76. The molecule has 31 heavy (non-hydrogen) atoms. The van der Waals surface area contributed by atoms with Gasteiger partial charge in [-0.05, 0) is 57.4 Å². The molecule has 2 aliphatic rings. The van der Waals surface area contributed by atoms with E-state index in [0.717, 1.165) is 37.4 Å². The summed E-state index contributed by atoms with van der Waals surface area (Å²) < 4.78 is 34.7. The van der Waals surface area contributed by atoms with E-state index in [0.29, 0.717) is 12.3 Å². The van der Waals surface area contributed by atoms with Crippen LogP contribution in [0.5, 0.6) is 5.75 Å². The number of hydrogen-bond donors (Lipinski definition) is 1. The average Bonchev–Trinajstić information content (AvgIpc) is 3.54. The molecule has 0 spiro atoms. The third-order valence-corrected chi connectivity index (χ3v) is 8.05. The molecule has 3 rings (SSSR count). The number of unbranched alkanes of at least 4 members (excludes halogenated alkanes) is 1. The Hall–Kier alpha value is -1.59. The summed E-state index contributed by atoms with van der Waals surface area (Å²) in [5.74, 6) is 7.33. The summed E-state index contributed by atoms with van der Waals surface area (Å²) in [7, 11) is -1.70. The number of benzene rings is 1. The average molecular weight is 449 g/mol. The van der Waals surface area contributed by atoms with Gasteiger partial charge in [0.25, 0.3) is 0 Å². The first kappa shape index (κ1) is 24.1. The zero-order valence-electron chi connectivity index (χ0n) is 19.2. The molecule has 3 atom stereocenters. The van der Waals surface area contributed by atoms with E-state index in [1.807, 2.05) is 6.92 Å². The minimum atomic E-state index is -3.80. The predicted molar refractivity (Wildman–Crippen MR) is 122 cm³/mol. The fourth-order valence-electron chi connectivity index (χ4n) is 3.93. The van der Waals surface area contributed by atoms with Gasteiger partial charge in [-0.25, -0.2) is 8.42 Å². The molecule has 1 N–H and O–H groups in total. The lowest BCUT2D eigenvalue weighted by Gasteiger charge is -2.37. The molecular weight excluding hydrogens is 412 g/mol. The molecule has 0 amide bonds. The lowest BCUT2D eigenvalue weighted by Crippen LogP contribution is -2.49. The van der Waals surface area contributed by atoms with Crippen molar-refractivity contribution in [1.82, 2.24) is 9.21 Å². The molecule has 0 aromatic heterocycles. The highest BCUT2D eigenvalue weighted by Gasteiger charge is 2.38. The van der Waals surface area contributed by atoms with Crippen LogP contribution in [0.2, 0.25) is 0 Å². The molecule has 1 aliphatic carbocycles. The number of sulfonamides is 1. The number of aliphatic hydroxyl groups excluding tert-OH is 1.